The van der Waals surface area contributed by atoms with Gasteiger partial charge in [0, 0.05) is 6.04 Å². The molecule has 0 aromatic heterocycles. The Bertz CT molecular complexity index is 1500. The molecule has 218 valence electrons. The fourth-order valence-electron chi connectivity index (χ4n) is 4.95. The van der Waals surface area contributed by atoms with E-state index in [-0.39, 0.29) is 18.1 Å². The zero-order valence-electron chi connectivity index (χ0n) is 23.5. The summed E-state index contributed by atoms with van der Waals surface area (Å²) in [5.74, 6) is 1.75. The number of hydrogen-bond acceptors (Lipinski definition) is 6. The number of carbonyl (C=O) groups is 1. The van der Waals surface area contributed by atoms with Gasteiger partial charge >= 0.3 is 5.97 Å². The molecule has 1 aliphatic rings. The van der Waals surface area contributed by atoms with Gasteiger partial charge in [0.25, 0.3) is 0 Å². The van der Waals surface area contributed by atoms with Gasteiger partial charge in [0.05, 0.1) is 17.2 Å². The molecule has 0 bridgehead atoms. The van der Waals surface area contributed by atoms with Crippen LogP contribution in [0.5, 0.6) is 17.2 Å². The molecule has 1 N–H and O–H groups in total. The molecule has 4 aromatic rings. The zero-order chi connectivity index (χ0) is 29.5. The maximum Gasteiger partial charge on any atom is 0.323 e. The van der Waals surface area contributed by atoms with E-state index in [1.54, 1.807) is 12.1 Å². The Balaban J connectivity index is 1.20. The molecule has 3 atom stereocenters. The summed E-state index contributed by atoms with van der Waals surface area (Å²) >= 11 is 12.1. The van der Waals surface area contributed by atoms with E-state index in [9.17, 15) is 4.79 Å². The number of rotatable bonds is 11. The fourth-order valence-corrected chi connectivity index (χ4v) is 5.27. The van der Waals surface area contributed by atoms with Gasteiger partial charge in [-0.3, -0.25) is 10.1 Å². The van der Waals surface area contributed by atoms with Gasteiger partial charge in [0.15, 0.2) is 17.6 Å². The minimum Gasteiger partial charge on any atom is -0.489 e. The number of nitrogens with one attached hydrogen (secondary N) is 1. The first kappa shape index (κ1) is 29.8. The Kier molecular flexibility index (Phi) is 9.90. The molecule has 0 saturated heterocycles. The Morgan fingerprint density at radius 2 is 1.69 bits per heavy atom. The van der Waals surface area contributed by atoms with Gasteiger partial charge in [-0.05, 0) is 71.5 Å². The number of benzene rings is 4. The molecule has 5 rings (SSSR count). The van der Waals surface area contributed by atoms with Crippen LogP contribution in [0.25, 0.3) is 0 Å². The van der Waals surface area contributed by atoms with E-state index in [2.05, 4.69) is 24.4 Å². The average Bonchev–Trinajstić information content (AvgIpc) is 3.03. The lowest BCUT2D eigenvalue weighted by Crippen LogP contribution is -2.41. The van der Waals surface area contributed by atoms with Crippen molar-refractivity contribution in [3.8, 4) is 17.2 Å². The van der Waals surface area contributed by atoms with Gasteiger partial charge in [0.1, 0.15) is 25.0 Å². The summed E-state index contributed by atoms with van der Waals surface area (Å²) in [7, 11) is 1.42. The molecule has 0 amide bonds. The van der Waals surface area contributed by atoms with E-state index in [0.717, 1.165) is 34.4 Å². The van der Waals surface area contributed by atoms with Crippen LogP contribution in [0.2, 0.25) is 10.0 Å². The fraction of sp³-hybridized carbons (Fsp3) is 0.265. The van der Waals surface area contributed by atoms with E-state index >= 15 is 0 Å². The quantitative estimate of drug-likeness (QED) is 0.175. The number of ether oxygens (including phenoxy) is 4. The van der Waals surface area contributed by atoms with Crippen LogP contribution in [-0.2, 0) is 22.6 Å². The minimum absolute atomic E-state index is 0.0287. The lowest BCUT2D eigenvalue weighted by atomic mass is 10.00. The van der Waals surface area contributed by atoms with E-state index in [1.807, 2.05) is 66.7 Å². The largest absolute Gasteiger partial charge is 0.489 e. The maximum atomic E-state index is 12.7. The van der Waals surface area contributed by atoms with Crippen molar-refractivity contribution in [1.29, 1.82) is 0 Å². The second kappa shape index (κ2) is 14.0. The molecule has 0 radical (unpaired) electrons. The molecule has 0 fully saturated rings. The molecule has 0 spiro atoms. The SMILES string of the molecule is CC[C@H](N[C@@H](Cc1ccc2c(c1)OC[C@@H](c1ccc(OCc3ccc(Cl)c(Cl)c3)cc1)O2)C(=O)OC)c1ccccc1. The van der Waals surface area contributed by atoms with Crippen molar-refractivity contribution >= 4 is 29.2 Å². The van der Waals surface area contributed by atoms with Crippen molar-refractivity contribution in [2.45, 2.75) is 44.6 Å². The summed E-state index contributed by atoms with van der Waals surface area (Å²) in [6.07, 6.45) is 1.04. The van der Waals surface area contributed by atoms with E-state index < -0.39 is 6.04 Å². The lowest BCUT2D eigenvalue weighted by Gasteiger charge is -2.28. The van der Waals surface area contributed by atoms with Crippen LogP contribution < -0.4 is 19.5 Å². The van der Waals surface area contributed by atoms with Crippen molar-refractivity contribution in [3.63, 3.8) is 0 Å². The average molecular weight is 607 g/mol. The first-order valence-corrected chi connectivity index (χ1v) is 14.7. The first-order chi connectivity index (χ1) is 20.4. The zero-order valence-corrected chi connectivity index (χ0v) is 25.0. The summed E-state index contributed by atoms with van der Waals surface area (Å²) < 4.78 is 23.4. The number of methoxy groups -OCH3 is 1. The predicted molar refractivity (Wildman–Crippen MR) is 165 cm³/mol. The molecule has 6 nitrogen and oxygen atoms in total. The number of esters is 1. The summed E-state index contributed by atoms with van der Waals surface area (Å²) in [6.45, 7) is 2.84. The lowest BCUT2D eigenvalue weighted by molar-refractivity contribution is -0.143. The third-order valence-corrected chi connectivity index (χ3v) is 7.99. The molecule has 4 aromatic carbocycles. The standard InChI is InChI=1S/C34H33Cl2NO5/c1-3-29(24-7-5-4-6-8-24)37-30(34(38)39-2)18-22-10-16-31-32(19-22)41-21-33(42-31)25-11-13-26(14-12-25)40-20-23-9-15-27(35)28(36)17-23/h4-17,19,29-30,33,37H,3,18,20-21H2,1-2H3/t29-,30-,33-/m0/s1. The van der Waals surface area contributed by atoms with Crippen LogP contribution in [0.3, 0.4) is 0 Å². The van der Waals surface area contributed by atoms with Gasteiger partial charge in [0.2, 0.25) is 0 Å². The number of halogens is 2. The monoisotopic (exact) mass is 605 g/mol. The van der Waals surface area contributed by atoms with Crippen LogP contribution >= 0.6 is 23.2 Å². The van der Waals surface area contributed by atoms with E-state index in [1.165, 1.54) is 7.11 Å². The van der Waals surface area contributed by atoms with Crippen molar-refractivity contribution in [2.24, 2.45) is 0 Å². The molecule has 0 unspecified atom stereocenters. The Hall–Kier alpha value is -3.71. The number of carbonyl (C=O) groups excluding carboxylic acids is 1. The first-order valence-electron chi connectivity index (χ1n) is 13.9. The van der Waals surface area contributed by atoms with Gasteiger partial charge in [-0.25, -0.2) is 0 Å². The van der Waals surface area contributed by atoms with Gasteiger partial charge in [-0.1, -0.05) is 84.7 Å². The van der Waals surface area contributed by atoms with Crippen LogP contribution in [0.15, 0.2) is 91.0 Å². The van der Waals surface area contributed by atoms with Crippen LogP contribution in [0, 0.1) is 0 Å². The van der Waals surface area contributed by atoms with Gasteiger partial charge in [-0.15, -0.1) is 0 Å². The predicted octanol–water partition coefficient (Wildman–Crippen LogP) is 7.91. The van der Waals surface area contributed by atoms with Gasteiger partial charge < -0.3 is 18.9 Å². The minimum atomic E-state index is -0.507. The third kappa shape index (κ3) is 7.37. The Morgan fingerprint density at radius 3 is 2.40 bits per heavy atom. The molecule has 42 heavy (non-hydrogen) atoms. The molecular weight excluding hydrogens is 573 g/mol. The smallest absolute Gasteiger partial charge is 0.323 e. The van der Waals surface area contributed by atoms with Crippen molar-refractivity contribution in [3.05, 3.63) is 123 Å². The Morgan fingerprint density at radius 1 is 0.929 bits per heavy atom. The summed E-state index contributed by atoms with van der Waals surface area (Å²) in [4.78, 5) is 12.7. The highest BCUT2D eigenvalue weighted by Crippen LogP contribution is 2.37. The van der Waals surface area contributed by atoms with Crippen molar-refractivity contribution < 1.29 is 23.7 Å². The van der Waals surface area contributed by atoms with Crippen LogP contribution in [-0.4, -0.2) is 25.7 Å². The van der Waals surface area contributed by atoms with Crippen molar-refractivity contribution in [1.82, 2.24) is 5.32 Å². The summed E-state index contributed by atoms with van der Waals surface area (Å²) in [5, 5.41) is 4.51. The van der Waals surface area contributed by atoms with E-state index in [4.69, 9.17) is 42.1 Å². The molecular formula is C34H33Cl2NO5. The maximum absolute atomic E-state index is 12.7. The summed E-state index contributed by atoms with van der Waals surface area (Å²) in [5.41, 5.74) is 4.00. The highest BCUT2D eigenvalue weighted by molar-refractivity contribution is 6.42. The highest BCUT2D eigenvalue weighted by atomic mass is 35.5. The Labute approximate surface area is 256 Å². The van der Waals surface area contributed by atoms with Crippen LogP contribution in [0.4, 0.5) is 0 Å². The number of fused-ring (bicyclic) bond motifs is 1. The molecule has 1 heterocycles. The topological polar surface area (TPSA) is 66.0 Å². The van der Waals surface area contributed by atoms with Gasteiger partial charge in [-0.2, -0.15) is 0 Å². The number of hydrogen-bond donors (Lipinski definition) is 1. The molecule has 1 aliphatic heterocycles. The molecule has 8 heteroatoms. The van der Waals surface area contributed by atoms with Crippen molar-refractivity contribution in [2.75, 3.05) is 13.7 Å². The molecule has 0 aliphatic carbocycles. The normalized spacial score (nSPS) is 15.5. The second-order valence-electron chi connectivity index (χ2n) is 10.1. The second-order valence-corrected chi connectivity index (χ2v) is 10.9. The molecule has 0 saturated carbocycles. The van der Waals surface area contributed by atoms with Crippen LogP contribution in [0.1, 0.15) is 47.7 Å². The third-order valence-electron chi connectivity index (χ3n) is 7.25. The highest BCUT2D eigenvalue weighted by Gasteiger charge is 2.26. The summed E-state index contributed by atoms with van der Waals surface area (Å²) in [6, 6.07) is 28.6. The van der Waals surface area contributed by atoms with E-state index in [0.29, 0.717) is 41.2 Å².